The third-order valence-corrected chi connectivity index (χ3v) is 6.07. The molecule has 2 aromatic rings. The maximum absolute atomic E-state index is 12.5. The number of ether oxygens (including phenoxy) is 1. The van der Waals surface area contributed by atoms with Gasteiger partial charge in [-0.25, -0.2) is 10.2 Å². The van der Waals surface area contributed by atoms with Crippen molar-refractivity contribution in [3.8, 4) is 5.75 Å². The lowest BCUT2D eigenvalue weighted by molar-refractivity contribution is -0.123. The van der Waals surface area contributed by atoms with Gasteiger partial charge in [0.15, 0.2) is 6.61 Å². The van der Waals surface area contributed by atoms with Crippen molar-refractivity contribution in [2.24, 2.45) is 5.10 Å². The number of hydrogen-bond donors (Lipinski definition) is 4. The Bertz CT molecular complexity index is 1050. The quantitative estimate of drug-likeness (QED) is 0.226. The Balaban J connectivity index is 1.75. The van der Waals surface area contributed by atoms with Gasteiger partial charge in [0.2, 0.25) is 0 Å². The molecular formula is C25H33N5O5S. The van der Waals surface area contributed by atoms with Crippen molar-refractivity contribution >= 4 is 41.2 Å². The molecule has 4 amide bonds. The minimum atomic E-state index is -0.642. The first-order valence-electron chi connectivity index (χ1n) is 11.7. The summed E-state index contributed by atoms with van der Waals surface area (Å²) in [6, 6.07) is 9.75. The zero-order valence-corrected chi connectivity index (χ0v) is 21.6. The minimum Gasteiger partial charge on any atom is -0.484 e. The van der Waals surface area contributed by atoms with Gasteiger partial charge in [0.05, 0.1) is 10.9 Å². The first kappa shape index (κ1) is 28.5. The number of carbonyl (C=O) groups excluding carboxylic acids is 4. The van der Waals surface area contributed by atoms with E-state index in [2.05, 4.69) is 26.5 Å². The van der Waals surface area contributed by atoms with E-state index in [1.165, 1.54) is 24.5 Å². The molecule has 0 aliphatic heterocycles. The molecule has 1 aromatic heterocycles. The van der Waals surface area contributed by atoms with Crippen molar-refractivity contribution in [3.63, 3.8) is 0 Å². The van der Waals surface area contributed by atoms with Crippen LogP contribution in [0.1, 0.15) is 47.3 Å². The second kappa shape index (κ2) is 15.3. The van der Waals surface area contributed by atoms with Gasteiger partial charge in [-0.3, -0.25) is 14.4 Å². The Morgan fingerprint density at radius 1 is 1.06 bits per heavy atom. The average molecular weight is 516 g/mol. The van der Waals surface area contributed by atoms with Crippen LogP contribution in [0, 0.1) is 0 Å². The summed E-state index contributed by atoms with van der Waals surface area (Å²) >= 11 is 1.40. The number of rotatable bonds is 14. The summed E-state index contributed by atoms with van der Waals surface area (Å²) in [5.74, 6) is 0.00409. The second-order valence-electron chi connectivity index (χ2n) is 7.89. The van der Waals surface area contributed by atoms with Crippen LogP contribution in [-0.2, 0) is 22.4 Å². The van der Waals surface area contributed by atoms with E-state index in [4.69, 9.17) is 4.74 Å². The fraction of sp³-hybridized carbons (Fsp3) is 0.400. The number of aryl methyl sites for hydroxylation is 1. The van der Waals surface area contributed by atoms with Crippen LogP contribution in [0.15, 0.2) is 41.5 Å². The highest BCUT2D eigenvalue weighted by Crippen LogP contribution is 2.17. The lowest BCUT2D eigenvalue weighted by Crippen LogP contribution is -2.39. The van der Waals surface area contributed by atoms with E-state index in [9.17, 15) is 19.2 Å². The Morgan fingerprint density at radius 3 is 2.44 bits per heavy atom. The number of carbonyl (C=O) groups is 4. The summed E-state index contributed by atoms with van der Waals surface area (Å²) in [7, 11) is 0. The first-order valence-corrected chi connectivity index (χ1v) is 12.6. The standard InChI is InChI=1S/C25H33N5O5S/c1-4-21-10-11-22(36-21)24(33)29-19(14-17(3)31)15-28-30-25(34)27-13-12-18-6-8-20(9-7-18)35-16-23(32)26-5-2/h6-11,15,19H,4-5,12-14,16H2,1-3H3,(H,26,32)(H,29,33)(H2,27,30,34)/b28-15-/t19-/m0/s1. The summed E-state index contributed by atoms with van der Waals surface area (Å²) in [6.07, 6.45) is 2.83. The molecule has 1 heterocycles. The van der Waals surface area contributed by atoms with E-state index in [0.29, 0.717) is 30.1 Å². The molecule has 0 aliphatic rings. The summed E-state index contributed by atoms with van der Waals surface area (Å²) in [6.45, 7) is 6.16. The van der Waals surface area contributed by atoms with Crippen LogP contribution in [0.5, 0.6) is 5.75 Å². The maximum Gasteiger partial charge on any atom is 0.335 e. The Hall–Kier alpha value is -3.73. The third-order valence-electron chi connectivity index (χ3n) is 4.84. The minimum absolute atomic E-state index is 0.0415. The molecule has 0 fully saturated rings. The molecule has 0 aliphatic carbocycles. The van der Waals surface area contributed by atoms with Crippen LogP contribution < -0.4 is 26.1 Å². The highest BCUT2D eigenvalue weighted by molar-refractivity contribution is 7.14. The topological polar surface area (TPSA) is 138 Å². The van der Waals surface area contributed by atoms with E-state index in [0.717, 1.165) is 16.9 Å². The van der Waals surface area contributed by atoms with Gasteiger partial charge in [0.25, 0.3) is 11.8 Å². The molecular weight excluding hydrogens is 482 g/mol. The van der Waals surface area contributed by atoms with Crippen molar-refractivity contribution in [2.75, 3.05) is 19.7 Å². The number of likely N-dealkylation sites (N-methyl/N-ethyl adjacent to an activating group) is 1. The first-order chi connectivity index (χ1) is 17.3. The monoisotopic (exact) mass is 515 g/mol. The van der Waals surface area contributed by atoms with Crippen molar-refractivity contribution < 1.29 is 23.9 Å². The Morgan fingerprint density at radius 2 is 1.81 bits per heavy atom. The summed E-state index contributed by atoms with van der Waals surface area (Å²) < 4.78 is 5.41. The van der Waals surface area contributed by atoms with E-state index in [-0.39, 0.29) is 30.6 Å². The fourth-order valence-corrected chi connectivity index (χ4v) is 3.93. The number of amides is 4. The van der Waals surface area contributed by atoms with Crippen LogP contribution in [0.3, 0.4) is 0 Å². The molecule has 0 radical (unpaired) electrons. The van der Waals surface area contributed by atoms with Crippen LogP contribution >= 0.6 is 11.3 Å². The number of hydrazone groups is 1. The summed E-state index contributed by atoms with van der Waals surface area (Å²) in [5.41, 5.74) is 3.33. The molecule has 0 saturated carbocycles. The molecule has 11 heteroatoms. The molecule has 0 spiro atoms. The number of ketones is 1. The van der Waals surface area contributed by atoms with Gasteiger partial charge < -0.3 is 20.7 Å². The number of benzene rings is 1. The molecule has 1 aromatic carbocycles. The number of nitrogens with one attached hydrogen (secondary N) is 4. The van der Waals surface area contributed by atoms with Gasteiger partial charge in [-0.05, 0) is 56.5 Å². The van der Waals surface area contributed by atoms with Gasteiger partial charge in [0, 0.05) is 30.6 Å². The fourth-order valence-electron chi connectivity index (χ4n) is 3.08. The van der Waals surface area contributed by atoms with Gasteiger partial charge in [0.1, 0.15) is 11.5 Å². The van der Waals surface area contributed by atoms with Crippen LogP contribution in [-0.4, -0.2) is 55.6 Å². The largest absolute Gasteiger partial charge is 0.484 e. The van der Waals surface area contributed by atoms with Crippen molar-refractivity contribution in [2.45, 2.75) is 46.1 Å². The van der Waals surface area contributed by atoms with Gasteiger partial charge in [-0.1, -0.05) is 19.1 Å². The molecule has 10 nitrogen and oxygen atoms in total. The normalized spacial score (nSPS) is 11.5. The smallest absolute Gasteiger partial charge is 0.335 e. The number of hydrogen-bond acceptors (Lipinski definition) is 7. The van der Waals surface area contributed by atoms with Gasteiger partial charge in [-0.15, -0.1) is 11.3 Å². The van der Waals surface area contributed by atoms with Crippen molar-refractivity contribution in [1.29, 1.82) is 0 Å². The SMILES string of the molecule is CCNC(=O)COc1ccc(CCNC(=O)N/N=C\[C@H](CC(C)=O)NC(=O)c2ccc(CC)s2)cc1. The zero-order chi connectivity index (χ0) is 26.3. The Kier molecular flexibility index (Phi) is 12.1. The predicted molar refractivity (Wildman–Crippen MR) is 140 cm³/mol. The van der Waals surface area contributed by atoms with Gasteiger partial charge in [-0.2, -0.15) is 5.10 Å². The number of Topliss-reactive ketones (excluding diaryl/α,β-unsaturated/α-hetero) is 1. The number of urea groups is 1. The summed E-state index contributed by atoms with van der Waals surface area (Å²) in [5, 5.41) is 12.0. The molecule has 194 valence electrons. The highest BCUT2D eigenvalue weighted by Gasteiger charge is 2.15. The molecule has 0 bridgehead atoms. The second-order valence-corrected chi connectivity index (χ2v) is 9.06. The predicted octanol–water partition coefficient (Wildman–Crippen LogP) is 2.43. The average Bonchev–Trinajstić information content (AvgIpc) is 3.33. The maximum atomic E-state index is 12.5. The van der Waals surface area contributed by atoms with E-state index < -0.39 is 12.1 Å². The molecule has 1 atom stereocenters. The Labute approximate surface area is 214 Å². The number of thiophene rings is 1. The van der Waals surface area contributed by atoms with Gasteiger partial charge >= 0.3 is 6.03 Å². The molecule has 0 saturated heterocycles. The molecule has 4 N–H and O–H groups in total. The van der Waals surface area contributed by atoms with E-state index >= 15 is 0 Å². The lowest BCUT2D eigenvalue weighted by Gasteiger charge is -2.12. The van der Waals surface area contributed by atoms with E-state index in [1.54, 1.807) is 18.2 Å². The third kappa shape index (κ3) is 10.7. The zero-order valence-electron chi connectivity index (χ0n) is 20.8. The molecule has 36 heavy (non-hydrogen) atoms. The van der Waals surface area contributed by atoms with Crippen LogP contribution in [0.2, 0.25) is 0 Å². The molecule has 2 rings (SSSR count). The van der Waals surface area contributed by atoms with E-state index in [1.807, 2.05) is 32.0 Å². The van der Waals surface area contributed by atoms with Crippen LogP contribution in [0.4, 0.5) is 4.79 Å². The number of nitrogens with zero attached hydrogens (tertiary/aromatic N) is 1. The highest BCUT2D eigenvalue weighted by atomic mass is 32.1. The van der Waals surface area contributed by atoms with Crippen molar-refractivity contribution in [1.82, 2.24) is 21.4 Å². The van der Waals surface area contributed by atoms with Crippen LogP contribution in [0.25, 0.3) is 0 Å². The summed E-state index contributed by atoms with van der Waals surface area (Å²) in [4.78, 5) is 49.1. The van der Waals surface area contributed by atoms with Crippen molar-refractivity contribution in [3.05, 3.63) is 51.7 Å². The lowest BCUT2D eigenvalue weighted by atomic mass is 10.1. The molecule has 0 unspecified atom stereocenters.